The molecule has 34 heavy (non-hydrogen) atoms. The molecular weight excluding hydrogens is 448 g/mol. The van der Waals surface area contributed by atoms with Gasteiger partial charge in [0.25, 0.3) is 5.91 Å². The number of benzene rings is 3. The number of nitrogens with zero attached hydrogens (tertiary/aromatic N) is 3. The zero-order valence-electron chi connectivity index (χ0n) is 18.3. The van der Waals surface area contributed by atoms with E-state index in [4.69, 9.17) is 23.1 Å². The molecule has 0 fully saturated rings. The van der Waals surface area contributed by atoms with E-state index >= 15 is 0 Å². The van der Waals surface area contributed by atoms with Crippen molar-refractivity contribution in [3.63, 3.8) is 0 Å². The summed E-state index contributed by atoms with van der Waals surface area (Å²) in [5.74, 6) is 0.321. The molecule has 0 aliphatic heterocycles. The number of hydrogen-bond acceptors (Lipinski definition) is 6. The van der Waals surface area contributed by atoms with Gasteiger partial charge < -0.3 is 16.8 Å². The molecule has 0 radical (unpaired) electrons. The van der Waals surface area contributed by atoms with Crippen molar-refractivity contribution >= 4 is 40.5 Å². The number of nitrogens with two attached hydrogens (primary N) is 2. The zero-order chi connectivity index (χ0) is 23.9. The molecule has 0 unspecified atom stereocenters. The number of amides is 1. The van der Waals surface area contributed by atoms with E-state index in [0.717, 1.165) is 16.7 Å². The first-order valence-corrected chi connectivity index (χ1v) is 11.0. The third-order valence-corrected chi connectivity index (χ3v) is 5.34. The Bertz CT molecular complexity index is 1320. The summed E-state index contributed by atoms with van der Waals surface area (Å²) in [5.41, 5.74) is 16.4. The molecule has 7 nitrogen and oxygen atoms in total. The van der Waals surface area contributed by atoms with Crippen LogP contribution in [-0.2, 0) is 13.0 Å². The molecule has 170 valence electrons. The number of nitrogen functional groups attached to an aromatic ring is 2. The van der Waals surface area contributed by atoms with Gasteiger partial charge in [-0.25, -0.2) is 4.98 Å². The predicted octanol–water partition coefficient (Wildman–Crippen LogP) is 5.84. The minimum Gasteiger partial charge on any atom is -0.384 e. The quantitative estimate of drug-likeness (QED) is 0.294. The number of carbonyl (C=O) groups is 1. The van der Waals surface area contributed by atoms with Crippen molar-refractivity contribution in [3.05, 3.63) is 112 Å². The molecule has 4 aromatic rings. The van der Waals surface area contributed by atoms with Gasteiger partial charge in [0, 0.05) is 17.1 Å². The standard InChI is InChI=1S/C26H23ClN6O/c27-21-9-11-22(12-10-21)32-33-24-20(15-23(28)31-25(24)29)14-18-7-4-8-19(13-18)26(34)30-16-17-5-2-1-3-6-17/h1-13,15H,14,16H2,(H,30,34)(H4,28,29,31)/b33-32+. The fourth-order valence-electron chi connectivity index (χ4n) is 3.42. The number of rotatable bonds is 7. The Balaban J connectivity index is 1.54. The minimum atomic E-state index is -0.151. The fourth-order valence-corrected chi connectivity index (χ4v) is 3.55. The van der Waals surface area contributed by atoms with E-state index in [1.54, 1.807) is 36.4 Å². The smallest absolute Gasteiger partial charge is 0.251 e. The first-order chi connectivity index (χ1) is 16.5. The molecule has 4 rings (SSSR count). The van der Waals surface area contributed by atoms with Crippen molar-refractivity contribution in [2.24, 2.45) is 10.2 Å². The van der Waals surface area contributed by atoms with Crippen molar-refractivity contribution in [3.8, 4) is 0 Å². The summed E-state index contributed by atoms with van der Waals surface area (Å²) >= 11 is 5.93. The summed E-state index contributed by atoms with van der Waals surface area (Å²) < 4.78 is 0. The first-order valence-electron chi connectivity index (χ1n) is 10.6. The van der Waals surface area contributed by atoms with Gasteiger partial charge in [-0.15, -0.1) is 5.11 Å². The van der Waals surface area contributed by atoms with Gasteiger partial charge in [0.1, 0.15) is 11.5 Å². The third kappa shape index (κ3) is 5.96. The van der Waals surface area contributed by atoms with Crippen LogP contribution in [0.2, 0.25) is 5.02 Å². The van der Waals surface area contributed by atoms with Crippen molar-refractivity contribution in [1.82, 2.24) is 10.3 Å². The van der Waals surface area contributed by atoms with Crippen molar-refractivity contribution in [2.75, 3.05) is 11.5 Å². The van der Waals surface area contributed by atoms with Crippen LogP contribution in [-0.4, -0.2) is 10.9 Å². The zero-order valence-corrected chi connectivity index (χ0v) is 19.0. The maximum Gasteiger partial charge on any atom is 0.251 e. The van der Waals surface area contributed by atoms with Gasteiger partial charge in [0.05, 0.1) is 5.69 Å². The van der Waals surface area contributed by atoms with Gasteiger partial charge in [-0.2, -0.15) is 5.11 Å². The lowest BCUT2D eigenvalue weighted by molar-refractivity contribution is 0.0951. The molecule has 0 bridgehead atoms. The van der Waals surface area contributed by atoms with Crippen LogP contribution in [0.5, 0.6) is 0 Å². The van der Waals surface area contributed by atoms with Crippen LogP contribution in [0.4, 0.5) is 23.0 Å². The van der Waals surface area contributed by atoms with E-state index in [1.165, 1.54) is 0 Å². The Morgan fingerprint density at radius 3 is 2.38 bits per heavy atom. The minimum absolute atomic E-state index is 0.151. The van der Waals surface area contributed by atoms with Gasteiger partial charge in [-0.3, -0.25) is 4.79 Å². The predicted molar refractivity (Wildman–Crippen MR) is 136 cm³/mol. The summed E-state index contributed by atoms with van der Waals surface area (Å²) in [4.78, 5) is 16.8. The number of carbonyl (C=O) groups excluding carboxylic acids is 1. The highest BCUT2D eigenvalue weighted by Gasteiger charge is 2.12. The Morgan fingerprint density at radius 1 is 0.882 bits per heavy atom. The van der Waals surface area contributed by atoms with Crippen LogP contribution in [0.1, 0.15) is 27.0 Å². The summed E-state index contributed by atoms with van der Waals surface area (Å²) in [6.45, 7) is 0.455. The summed E-state index contributed by atoms with van der Waals surface area (Å²) in [6, 6.07) is 25.8. The number of anilines is 2. The summed E-state index contributed by atoms with van der Waals surface area (Å²) in [7, 11) is 0. The van der Waals surface area contributed by atoms with Crippen molar-refractivity contribution in [1.29, 1.82) is 0 Å². The molecule has 8 heteroatoms. The second-order valence-corrected chi connectivity index (χ2v) is 8.10. The maximum atomic E-state index is 12.7. The van der Waals surface area contributed by atoms with Crippen LogP contribution in [0.25, 0.3) is 0 Å². The number of pyridine rings is 1. The highest BCUT2D eigenvalue weighted by Crippen LogP contribution is 2.31. The lowest BCUT2D eigenvalue weighted by atomic mass is 10.0. The number of halogens is 1. The van der Waals surface area contributed by atoms with E-state index in [9.17, 15) is 4.79 Å². The van der Waals surface area contributed by atoms with E-state index in [1.807, 2.05) is 48.5 Å². The molecule has 0 spiro atoms. The van der Waals surface area contributed by atoms with Crippen molar-refractivity contribution in [2.45, 2.75) is 13.0 Å². The molecule has 0 atom stereocenters. The second-order valence-electron chi connectivity index (χ2n) is 7.66. The Labute approximate surface area is 202 Å². The lowest BCUT2D eigenvalue weighted by Crippen LogP contribution is -2.22. The molecule has 1 heterocycles. The van der Waals surface area contributed by atoms with Gasteiger partial charge >= 0.3 is 0 Å². The van der Waals surface area contributed by atoms with Crippen LogP contribution >= 0.6 is 11.6 Å². The monoisotopic (exact) mass is 470 g/mol. The van der Waals surface area contributed by atoms with Crippen molar-refractivity contribution < 1.29 is 4.79 Å². The molecule has 0 aliphatic carbocycles. The maximum absolute atomic E-state index is 12.7. The Hall–Kier alpha value is -4.23. The first kappa shape index (κ1) is 22.9. The van der Waals surface area contributed by atoms with Crippen LogP contribution in [0.15, 0.2) is 95.2 Å². The highest BCUT2D eigenvalue weighted by molar-refractivity contribution is 6.30. The van der Waals surface area contributed by atoms with E-state index in [-0.39, 0.29) is 17.5 Å². The normalized spacial score (nSPS) is 11.0. The molecule has 1 amide bonds. The number of aromatic nitrogens is 1. The van der Waals surface area contributed by atoms with Gasteiger partial charge in [0.15, 0.2) is 5.82 Å². The molecular formula is C26H23ClN6O. The van der Waals surface area contributed by atoms with Crippen LogP contribution < -0.4 is 16.8 Å². The Morgan fingerprint density at radius 2 is 1.62 bits per heavy atom. The third-order valence-electron chi connectivity index (χ3n) is 5.09. The topological polar surface area (TPSA) is 119 Å². The van der Waals surface area contributed by atoms with E-state index < -0.39 is 0 Å². The molecule has 0 aliphatic rings. The highest BCUT2D eigenvalue weighted by atomic mass is 35.5. The fraction of sp³-hybridized carbons (Fsp3) is 0.0769. The molecule has 5 N–H and O–H groups in total. The number of nitrogens with one attached hydrogen (secondary N) is 1. The van der Waals surface area contributed by atoms with E-state index in [0.29, 0.717) is 34.9 Å². The van der Waals surface area contributed by atoms with Crippen LogP contribution in [0, 0.1) is 0 Å². The Kier molecular flexibility index (Phi) is 7.15. The second kappa shape index (κ2) is 10.6. The van der Waals surface area contributed by atoms with Crippen LogP contribution in [0.3, 0.4) is 0 Å². The average Bonchev–Trinajstić information content (AvgIpc) is 2.84. The molecule has 3 aromatic carbocycles. The number of hydrogen-bond donors (Lipinski definition) is 3. The van der Waals surface area contributed by atoms with Gasteiger partial charge in [-0.1, -0.05) is 54.1 Å². The largest absolute Gasteiger partial charge is 0.384 e. The molecule has 0 saturated heterocycles. The SMILES string of the molecule is Nc1cc(Cc2cccc(C(=O)NCc3ccccc3)c2)c(/N=N/c2ccc(Cl)cc2)c(N)n1. The van der Waals surface area contributed by atoms with Gasteiger partial charge in [-0.05, 0) is 65.6 Å². The summed E-state index contributed by atoms with van der Waals surface area (Å²) in [6.07, 6.45) is 0.450. The molecule has 0 saturated carbocycles. The molecule has 1 aromatic heterocycles. The van der Waals surface area contributed by atoms with Gasteiger partial charge in [0.2, 0.25) is 0 Å². The lowest BCUT2D eigenvalue weighted by Gasteiger charge is -2.10. The average molecular weight is 471 g/mol. The number of azo groups is 1. The van der Waals surface area contributed by atoms with E-state index in [2.05, 4.69) is 20.5 Å². The summed E-state index contributed by atoms with van der Waals surface area (Å²) in [5, 5.41) is 12.1.